The number of likely N-dealkylation sites (N-methyl/N-ethyl adjacent to an activating group) is 1. The molecule has 0 aliphatic rings. The third kappa shape index (κ3) is 3.78. The highest BCUT2D eigenvalue weighted by Crippen LogP contribution is 2.28. The molecule has 4 heteroatoms. The fourth-order valence-electron chi connectivity index (χ4n) is 1.98. The molecule has 2 rings (SSSR count). The summed E-state index contributed by atoms with van der Waals surface area (Å²) in [6.07, 6.45) is 2.73. The zero-order valence-corrected chi connectivity index (χ0v) is 13.3. The number of nitrogens with zero attached hydrogens (tertiary/aromatic N) is 1. The average Bonchev–Trinajstić information content (AvgIpc) is 2.41. The van der Waals surface area contributed by atoms with Crippen molar-refractivity contribution in [3.63, 3.8) is 0 Å². The van der Waals surface area contributed by atoms with Crippen LogP contribution in [0.15, 0.2) is 41.0 Å². The highest BCUT2D eigenvalue weighted by molar-refractivity contribution is 9.10. The summed E-state index contributed by atoms with van der Waals surface area (Å²) in [7, 11) is 1.95. The largest absolute Gasteiger partial charge is 0.313 e. The Bertz CT molecular complexity index is 555. The maximum absolute atomic E-state index is 6.08. The summed E-state index contributed by atoms with van der Waals surface area (Å²) in [6, 6.07) is 10.2. The van der Waals surface area contributed by atoms with Gasteiger partial charge in [-0.05, 0) is 49.4 Å². The van der Waals surface area contributed by atoms with Crippen LogP contribution in [0.2, 0.25) is 5.02 Å². The summed E-state index contributed by atoms with van der Waals surface area (Å²) < 4.78 is 1.06. The Balaban J connectivity index is 2.24. The van der Waals surface area contributed by atoms with E-state index in [4.69, 9.17) is 11.6 Å². The van der Waals surface area contributed by atoms with Gasteiger partial charge in [-0.25, -0.2) is 0 Å². The van der Waals surface area contributed by atoms with Gasteiger partial charge in [-0.2, -0.15) is 0 Å². The zero-order valence-electron chi connectivity index (χ0n) is 11.0. The number of aromatic nitrogens is 1. The van der Waals surface area contributed by atoms with Crippen LogP contribution in [0.25, 0.3) is 0 Å². The predicted octanol–water partition coefficient (Wildman–Crippen LogP) is 4.31. The maximum Gasteiger partial charge on any atom is 0.0422 e. The van der Waals surface area contributed by atoms with Gasteiger partial charge in [0.05, 0.1) is 0 Å². The van der Waals surface area contributed by atoms with E-state index in [1.165, 1.54) is 5.56 Å². The van der Waals surface area contributed by atoms with Gasteiger partial charge in [0.1, 0.15) is 0 Å². The van der Waals surface area contributed by atoms with E-state index in [0.29, 0.717) is 0 Å². The lowest BCUT2D eigenvalue weighted by Gasteiger charge is -2.18. The fraction of sp³-hybridized carbons (Fsp3) is 0.267. The number of benzene rings is 1. The first-order valence-corrected chi connectivity index (χ1v) is 7.31. The van der Waals surface area contributed by atoms with E-state index in [2.05, 4.69) is 38.4 Å². The lowest BCUT2D eigenvalue weighted by Crippen LogP contribution is -2.19. The zero-order chi connectivity index (χ0) is 13.8. The standard InChI is InChI=1S/C15H16BrClN2/c1-10-3-5-12(19-9-10)8-15(18-2)13-7-11(17)4-6-14(13)16/h3-7,9,15,18H,8H2,1-2H3. The number of pyridine rings is 1. The first-order valence-electron chi connectivity index (χ1n) is 6.14. The Morgan fingerprint density at radius 1 is 1.32 bits per heavy atom. The van der Waals surface area contributed by atoms with Crippen molar-refractivity contribution in [3.05, 3.63) is 62.8 Å². The number of hydrogen-bond donors (Lipinski definition) is 1. The first-order chi connectivity index (χ1) is 9.10. The molecular formula is C15H16BrClN2. The van der Waals surface area contributed by atoms with Gasteiger partial charge in [-0.1, -0.05) is 33.6 Å². The Morgan fingerprint density at radius 2 is 2.11 bits per heavy atom. The van der Waals surface area contributed by atoms with Gasteiger partial charge >= 0.3 is 0 Å². The second-order valence-electron chi connectivity index (χ2n) is 4.54. The van der Waals surface area contributed by atoms with Gasteiger partial charge in [-0.15, -0.1) is 0 Å². The summed E-state index contributed by atoms with van der Waals surface area (Å²) >= 11 is 9.66. The van der Waals surface area contributed by atoms with Gasteiger partial charge in [0.2, 0.25) is 0 Å². The van der Waals surface area contributed by atoms with Gasteiger partial charge in [-0.3, -0.25) is 4.98 Å². The number of nitrogens with one attached hydrogen (secondary N) is 1. The molecule has 2 nitrogen and oxygen atoms in total. The molecule has 1 unspecified atom stereocenters. The summed E-state index contributed by atoms with van der Waals surface area (Å²) in [6.45, 7) is 2.04. The molecule has 100 valence electrons. The molecule has 1 heterocycles. The number of halogens is 2. The normalized spacial score (nSPS) is 12.4. The molecule has 0 aliphatic carbocycles. The molecule has 0 fully saturated rings. The van der Waals surface area contributed by atoms with E-state index < -0.39 is 0 Å². The predicted molar refractivity (Wildman–Crippen MR) is 83.6 cm³/mol. The van der Waals surface area contributed by atoms with Crippen LogP contribution in [0.3, 0.4) is 0 Å². The van der Waals surface area contributed by atoms with E-state index >= 15 is 0 Å². The third-order valence-corrected chi connectivity index (χ3v) is 4.03. The topological polar surface area (TPSA) is 24.9 Å². The molecular weight excluding hydrogens is 324 g/mol. The van der Waals surface area contributed by atoms with Gasteiger partial charge in [0, 0.05) is 33.8 Å². The van der Waals surface area contributed by atoms with Crippen molar-refractivity contribution in [1.82, 2.24) is 10.3 Å². The lowest BCUT2D eigenvalue weighted by molar-refractivity contribution is 0.582. The van der Waals surface area contributed by atoms with Crippen molar-refractivity contribution in [1.29, 1.82) is 0 Å². The average molecular weight is 340 g/mol. The monoisotopic (exact) mass is 338 g/mol. The lowest BCUT2D eigenvalue weighted by atomic mass is 10.0. The quantitative estimate of drug-likeness (QED) is 0.898. The minimum Gasteiger partial charge on any atom is -0.313 e. The fourth-order valence-corrected chi connectivity index (χ4v) is 2.68. The number of rotatable bonds is 4. The first kappa shape index (κ1) is 14.5. The SMILES string of the molecule is CNC(Cc1ccc(C)cn1)c1cc(Cl)ccc1Br. The summed E-state index contributed by atoms with van der Waals surface area (Å²) in [5.41, 5.74) is 3.39. The second-order valence-corrected chi connectivity index (χ2v) is 5.83. The highest BCUT2D eigenvalue weighted by Gasteiger charge is 2.14. The van der Waals surface area contributed by atoms with Crippen molar-refractivity contribution >= 4 is 27.5 Å². The molecule has 2 aromatic rings. The number of hydrogen-bond acceptors (Lipinski definition) is 2. The molecule has 0 bridgehead atoms. The maximum atomic E-state index is 6.08. The molecule has 19 heavy (non-hydrogen) atoms. The highest BCUT2D eigenvalue weighted by atomic mass is 79.9. The van der Waals surface area contributed by atoms with Crippen LogP contribution in [0.1, 0.15) is 22.9 Å². The molecule has 0 saturated carbocycles. The van der Waals surface area contributed by atoms with Gasteiger partial charge < -0.3 is 5.32 Å². The van der Waals surface area contributed by atoms with Crippen LogP contribution in [-0.2, 0) is 6.42 Å². The van der Waals surface area contributed by atoms with Crippen molar-refractivity contribution < 1.29 is 0 Å². The molecule has 1 aromatic heterocycles. The third-order valence-electron chi connectivity index (χ3n) is 3.07. The molecule has 0 amide bonds. The van der Waals surface area contributed by atoms with Crippen LogP contribution in [0.5, 0.6) is 0 Å². The van der Waals surface area contributed by atoms with Crippen LogP contribution in [0.4, 0.5) is 0 Å². The Labute approximate surface area is 127 Å². The Kier molecular flexibility index (Phi) is 4.97. The molecule has 1 N–H and O–H groups in total. The van der Waals surface area contributed by atoms with E-state index in [1.54, 1.807) is 0 Å². The minimum absolute atomic E-state index is 0.184. The van der Waals surface area contributed by atoms with Crippen LogP contribution < -0.4 is 5.32 Å². The minimum atomic E-state index is 0.184. The van der Waals surface area contributed by atoms with E-state index in [0.717, 1.165) is 27.2 Å². The smallest absolute Gasteiger partial charge is 0.0422 e. The van der Waals surface area contributed by atoms with Crippen LogP contribution >= 0.6 is 27.5 Å². The van der Waals surface area contributed by atoms with E-state index in [1.807, 2.05) is 38.4 Å². The van der Waals surface area contributed by atoms with Crippen molar-refractivity contribution in [2.24, 2.45) is 0 Å². The number of aryl methyl sites for hydroxylation is 1. The van der Waals surface area contributed by atoms with Crippen LogP contribution in [-0.4, -0.2) is 12.0 Å². The summed E-state index contributed by atoms with van der Waals surface area (Å²) in [5, 5.41) is 4.07. The summed E-state index contributed by atoms with van der Waals surface area (Å²) in [4.78, 5) is 4.46. The van der Waals surface area contributed by atoms with Crippen molar-refractivity contribution in [2.75, 3.05) is 7.05 Å². The summed E-state index contributed by atoms with van der Waals surface area (Å²) in [5.74, 6) is 0. The van der Waals surface area contributed by atoms with Gasteiger partial charge in [0.15, 0.2) is 0 Å². The van der Waals surface area contributed by atoms with Crippen molar-refractivity contribution in [2.45, 2.75) is 19.4 Å². The Hall–Kier alpha value is -0.900. The molecule has 1 atom stereocenters. The molecule has 0 aliphatic heterocycles. The van der Waals surface area contributed by atoms with Crippen LogP contribution in [0, 0.1) is 6.92 Å². The van der Waals surface area contributed by atoms with E-state index in [9.17, 15) is 0 Å². The Morgan fingerprint density at radius 3 is 2.74 bits per heavy atom. The van der Waals surface area contributed by atoms with Gasteiger partial charge in [0.25, 0.3) is 0 Å². The molecule has 0 radical (unpaired) electrons. The van der Waals surface area contributed by atoms with E-state index in [-0.39, 0.29) is 6.04 Å². The second kappa shape index (κ2) is 6.51. The molecule has 1 aromatic carbocycles. The molecule has 0 saturated heterocycles. The van der Waals surface area contributed by atoms with Crippen molar-refractivity contribution in [3.8, 4) is 0 Å². The molecule has 0 spiro atoms.